The van der Waals surface area contributed by atoms with Crippen LogP contribution in [0.3, 0.4) is 0 Å². The van der Waals surface area contributed by atoms with E-state index in [1.165, 1.54) is 4.90 Å². The largest absolute Gasteiger partial charge is 0.494 e. The minimum atomic E-state index is -0.855. The van der Waals surface area contributed by atoms with Gasteiger partial charge in [0.15, 0.2) is 0 Å². The summed E-state index contributed by atoms with van der Waals surface area (Å²) in [6, 6.07) is 12.6. The normalized spacial score (nSPS) is 30.2. The molecule has 38 heavy (non-hydrogen) atoms. The molecule has 10 heteroatoms. The Bertz CT molecular complexity index is 1240. The van der Waals surface area contributed by atoms with Crippen LogP contribution in [-0.2, 0) is 14.4 Å². The third-order valence-electron chi connectivity index (χ3n) is 8.04. The van der Waals surface area contributed by atoms with E-state index in [9.17, 15) is 19.5 Å². The average molecular weight is 558 g/mol. The number of nitrogens with one attached hydrogen (secondary N) is 2. The molecule has 3 amide bonds. The van der Waals surface area contributed by atoms with Crippen LogP contribution in [0.2, 0.25) is 5.02 Å². The fourth-order valence-electron chi connectivity index (χ4n) is 6.41. The molecule has 3 unspecified atom stereocenters. The Labute approximate surface area is 231 Å². The molecular formula is C28H32ClN3O5S. The van der Waals surface area contributed by atoms with Crippen molar-refractivity contribution >= 4 is 52.5 Å². The zero-order chi connectivity index (χ0) is 27.2. The zero-order valence-electron chi connectivity index (χ0n) is 21.5. The van der Waals surface area contributed by atoms with Crippen LogP contribution in [-0.4, -0.2) is 63.0 Å². The maximum atomic E-state index is 14.0. The summed E-state index contributed by atoms with van der Waals surface area (Å²) in [7, 11) is 0. The van der Waals surface area contributed by atoms with E-state index in [1.54, 1.807) is 67.2 Å². The molecule has 0 radical (unpaired) electrons. The van der Waals surface area contributed by atoms with E-state index in [1.807, 2.05) is 6.92 Å². The second-order valence-electron chi connectivity index (χ2n) is 10.2. The molecule has 3 heterocycles. The Morgan fingerprint density at radius 3 is 2.55 bits per heavy atom. The quantitative estimate of drug-likeness (QED) is 0.452. The number of carbonyl (C=O) groups is 3. The lowest BCUT2D eigenvalue weighted by atomic mass is 9.66. The van der Waals surface area contributed by atoms with E-state index in [0.717, 1.165) is 0 Å². The average Bonchev–Trinajstić information content (AvgIpc) is 3.50. The van der Waals surface area contributed by atoms with Gasteiger partial charge in [0.1, 0.15) is 11.8 Å². The van der Waals surface area contributed by atoms with Gasteiger partial charge in [0, 0.05) is 10.9 Å². The molecule has 0 aromatic heterocycles. The third-order valence-corrected chi connectivity index (χ3v) is 10.4. The van der Waals surface area contributed by atoms with E-state index in [4.69, 9.17) is 16.3 Å². The lowest BCUT2D eigenvalue weighted by Crippen LogP contribution is -2.56. The van der Waals surface area contributed by atoms with Crippen molar-refractivity contribution in [1.82, 2.24) is 4.90 Å². The molecule has 3 fully saturated rings. The Morgan fingerprint density at radius 2 is 1.89 bits per heavy atom. The maximum Gasteiger partial charge on any atom is 0.248 e. The number of hydrogen-bond donors (Lipinski definition) is 3. The predicted molar refractivity (Wildman–Crippen MR) is 148 cm³/mol. The van der Waals surface area contributed by atoms with Gasteiger partial charge >= 0.3 is 0 Å². The molecule has 3 aliphatic rings. The first-order chi connectivity index (χ1) is 18.2. The predicted octanol–water partition coefficient (Wildman–Crippen LogP) is 4.03. The van der Waals surface area contributed by atoms with E-state index in [2.05, 4.69) is 17.6 Å². The molecular weight excluding hydrogens is 526 g/mol. The van der Waals surface area contributed by atoms with Crippen LogP contribution in [0.25, 0.3) is 0 Å². The van der Waals surface area contributed by atoms with Gasteiger partial charge < -0.3 is 25.4 Å². The van der Waals surface area contributed by atoms with Gasteiger partial charge in [-0.25, -0.2) is 0 Å². The number of carbonyl (C=O) groups excluding carboxylic acids is 3. The van der Waals surface area contributed by atoms with Gasteiger partial charge in [0.25, 0.3) is 0 Å². The van der Waals surface area contributed by atoms with Crippen LogP contribution in [0.15, 0.2) is 48.5 Å². The number of thioether (sulfide) groups is 1. The molecule has 0 saturated carbocycles. The minimum Gasteiger partial charge on any atom is -0.494 e. The summed E-state index contributed by atoms with van der Waals surface area (Å²) in [4.78, 5) is 43.1. The fourth-order valence-corrected chi connectivity index (χ4v) is 9.00. The monoisotopic (exact) mass is 557 g/mol. The zero-order valence-corrected chi connectivity index (χ0v) is 23.1. The van der Waals surface area contributed by atoms with Crippen molar-refractivity contribution in [1.29, 1.82) is 0 Å². The number of aliphatic hydroxyl groups is 1. The highest BCUT2D eigenvalue weighted by atomic mass is 35.5. The molecule has 1 spiro atoms. The summed E-state index contributed by atoms with van der Waals surface area (Å²) in [5.74, 6) is -1.41. The smallest absolute Gasteiger partial charge is 0.248 e. The highest BCUT2D eigenvalue weighted by Crippen LogP contribution is 2.68. The van der Waals surface area contributed by atoms with Crippen molar-refractivity contribution in [2.45, 2.75) is 49.3 Å². The first kappa shape index (κ1) is 26.8. The molecule has 0 aliphatic carbocycles. The number of aliphatic hydroxyl groups excluding tert-OH is 1. The van der Waals surface area contributed by atoms with Crippen LogP contribution in [0, 0.1) is 17.8 Å². The van der Waals surface area contributed by atoms with Gasteiger partial charge in [0.05, 0.1) is 46.5 Å². The summed E-state index contributed by atoms with van der Waals surface area (Å²) in [6.07, 6.45) is 0.715. The Morgan fingerprint density at radius 1 is 1.18 bits per heavy atom. The summed E-state index contributed by atoms with van der Waals surface area (Å²) in [5, 5.41) is 16.2. The molecule has 2 aromatic carbocycles. The highest BCUT2D eigenvalue weighted by Gasteiger charge is 2.76. The van der Waals surface area contributed by atoms with Gasteiger partial charge in [-0.3, -0.25) is 14.4 Å². The number of rotatable bonds is 8. The van der Waals surface area contributed by atoms with Crippen molar-refractivity contribution in [2.75, 3.05) is 23.8 Å². The van der Waals surface area contributed by atoms with E-state index in [0.29, 0.717) is 35.2 Å². The third kappa shape index (κ3) is 4.25. The van der Waals surface area contributed by atoms with Crippen LogP contribution < -0.4 is 15.4 Å². The fraction of sp³-hybridized carbons (Fsp3) is 0.464. The van der Waals surface area contributed by atoms with E-state index in [-0.39, 0.29) is 35.5 Å². The van der Waals surface area contributed by atoms with Gasteiger partial charge in [-0.2, -0.15) is 0 Å². The first-order valence-electron chi connectivity index (χ1n) is 12.9. The van der Waals surface area contributed by atoms with E-state index >= 15 is 0 Å². The number of benzene rings is 2. The van der Waals surface area contributed by atoms with Crippen molar-refractivity contribution in [2.24, 2.45) is 17.8 Å². The second kappa shape index (κ2) is 10.4. The van der Waals surface area contributed by atoms with Crippen molar-refractivity contribution in [3.63, 3.8) is 0 Å². The maximum absolute atomic E-state index is 14.0. The SMILES string of the molecule is CCOc1ccc(NC(=O)[C@@H]2[C@H]3C(=O)N([C@H](C)CO)C(C(=O)Nc4ccccc4Cl)C34S[C@@H]2CC4C)cc1. The number of halogens is 1. The molecule has 2 aromatic rings. The second-order valence-corrected chi connectivity index (χ2v) is 12.2. The number of hydrogen-bond acceptors (Lipinski definition) is 6. The Kier molecular flexibility index (Phi) is 7.37. The number of amides is 3. The summed E-state index contributed by atoms with van der Waals surface area (Å²) in [5.41, 5.74) is 1.07. The number of ether oxygens (including phenoxy) is 1. The molecule has 3 N–H and O–H groups in total. The van der Waals surface area contributed by atoms with E-state index < -0.39 is 28.7 Å². The van der Waals surface area contributed by atoms with Crippen LogP contribution in [0.1, 0.15) is 27.2 Å². The van der Waals surface area contributed by atoms with Gasteiger partial charge in [-0.15, -0.1) is 11.8 Å². The van der Waals surface area contributed by atoms with Crippen LogP contribution in [0.4, 0.5) is 11.4 Å². The molecule has 3 saturated heterocycles. The number of fused-ring (bicyclic) bond motifs is 1. The Hall–Kier alpha value is -2.75. The molecule has 5 rings (SSSR count). The summed E-state index contributed by atoms with van der Waals surface area (Å²) < 4.78 is 4.69. The van der Waals surface area contributed by atoms with Crippen LogP contribution >= 0.6 is 23.4 Å². The lowest BCUT2D eigenvalue weighted by molar-refractivity contribution is -0.140. The molecule has 8 nitrogen and oxygen atoms in total. The molecule has 7 atom stereocenters. The topological polar surface area (TPSA) is 108 Å². The molecule has 2 bridgehead atoms. The van der Waals surface area contributed by atoms with Crippen LogP contribution in [0.5, 0.6) is 5.75 Å². The van der Waals surface area contributed by atoms with Crippen molar-refractivity contribution in [3.8, 4) is 5.75 Å². The highest BCUT2D eigenvalue weighted by molar-refractivity contribution is 8.02. The van der Waals surface area contributed by atoms with Gasteiger partial charge in [0.2, 0.25) is 17.7 Å². The Balaban J connectivity index is 1.47. The van der Waals surface area contributed by atoms with Gasteiger partial charge in [-0.05, 0) is 62.6 Å². The number of nitrogens with zero attached hydrogens (tertiary/aromatic N) is 1. The molecule has 3 aliphatic heterocycles. The summed E-state index contributed by atoms with van der Waals surface area (Å²) in [6.45, 7) is 5.93. The number of likely N-dealkylation sites (tertiary alicyclic amines) is 1. The lowest BCUT2D eigenvalue weighted by Gasteiger charge is -2.39. The minimum absolute atomic E-state index is 0.0128. The van der Waals surface area contributed by atoms with Gasteiger partial charge in [-0.1, -0.05) is 30.7 Å². The van der Waals surface area contributed by atoms with Crippen molar-refractivity contribution in [3.05, 3.63) is 53.6 Å². The number of anilines is 2. The summed E-state index contributed by atoms with van der Waals surface area (Å²) >= 11 is 7.90. The first-order valence-corrected chi connectivity index (χ1v) is 14.2. The standard InChI is InChI=1S/C28H32ClN3O5S/c1-4-37-18-11-9-17(10-12-18)30-25(34)22-21-13-15(2)28(38-21)23(22)27(36)32(16(3)14-33)24(28)26(35)31-20-8-6-5-7-19(20)29/h5-12,15-16,21-24,33H,4,13-14H2,1-3H3,(H,30,34)(H,31,35)/t15?,16-,21-,22+,23+,24?,28?/m1/s1. The van der Waals surface area contributed by atoms with Crippen molar-refractivity contribution < 1.29 is 24.2 Å². The molecule has 202 valence electrons. The number of para-hydroxylation sites is 1.